The van der Waals surface area contributed by atoms with Crippen molar-refractivity contribution in [3.63, 3.8) is 0 Å². The minimum absolute atomic E-state index is 0.120. The molecular formula is C15H17N3O4. The van der Waals surface area contributed by atoms with Gasteiger partial charge in [-0.1, -0.05) is 19.4 Å². The molecule has 0 aliphatic rings. The first-order valence-corrected chi connectivity index (χ1v) is 7.01. The average molecular weight is 303 g/mol. The van der Waals surface area contributed by atoms with Crippen molar-refractivity contribution in [1.82, 2.24) is 4.98 Å². The molecule has 0 bridgehead atoms. The smallest absolute Gasteiger partial charge is 0.304 e. The lowest BCUT2D eigenvalue weighted by molar-refractivity contribution is -0.384. The molecule has 0 aliphatic heterocycles. The van der Waals surface area contributed by atoms with Crippen LogP contribution in [-0.2, 0) is 0 Å². The molecule has 2 aromatic rings. The van der Waals surface area contributed by atoms with Crippen LogP contribution in [0.1, 0.15) is 35.8 Å². The minimum Gasteiger partial charge on any atom is -0.431 e. The highest BCUT2D eigenvalue weighted by Gasteiger charge is 2.22. The van der Waals surface area contributed by atoms with Gasteiger partial charge in [-0.3, -0.25) is 19.8 Å². The van der Waals surface area contributed by atoms with E-state index in [1.807, 2.05) is 6.92 Å². The van der Waals surface area contributed by atoms with E-state index in [1.54, 1.807) is 13.0 Å². The summed E-state index contributed by atoms with van der Waals surface area (Å²) in [4.78, 5) is 28.5. The van der Waals surface area contributed by atoms with Gasteiger partial charge in [0.1, 0.15) is 6.26 Å². The summed E-state index contributed by atoms with van der Waals surface area (Å²) >= 11 is 0. The van der Waals surface area contributed by atoms with Crippen LogP contribution in [0.3, 0.4) is 0 Å². The summed E-state index contributed by atoms with van der Waals surface area (Å²) < 4.78 is 5.30. The van der Waals surface area contributed by atoms with Gasteiger partial charge < -0.3 is 4.42 Å². The number of hydrogen-bond acceptors (Lipinski definition) is 5. The highest BCUT2D eigenvalue weighted by Crippen LogP contribution is 2.20. The molecule has 1 aromatic carbocycles. The minimum atomic E-state index is -0.525. The zero-order chi connectivity index (χ0) is 16.1. The molecule has 1 aromatic heterocycles. The van der Waals surface area contributed by atoms with E-state index in [-0.39, 0.29) is 23.2 Å². The lowest BCUT2D eigenvalue weighted by atomic mass is 10.1. The van der Waals surface area contributed by atoms with Gasteiger partial charge in [-0.05, 0) is 19.4 Å². The highest BCUT2D eigenvalue weighted by atomic mass is 16.6. The van der Waals surface area contributed by atoms with Gasteiger partial charge in [0.05, 0.1) is 10.6 Å². The molecule has 0 saturated heterocycles. The molecule has 0 radical (unpaired) electrons. The lowest BCUT2D eigenvalue weighted by Gasteiger charge is -2.18. The number of hydrogen-bond donors (Lipinski definition) is 0. The second kappa shape index (κ2) is 6.84. The van der Waals surface area contributed by atoms with Gasteiger partial charge in [-0.2, -0.15) is 4.98 Å². The van der Waals surface area contributed by atoms with Gasteiger partial charge in [0.15, 0.2) is 0 Å². The van der Waals surface area contributed by atoms with Crippen molar-refractivity contribution in [2.24, 2.45) is 0 Å². The van der Waals surface area contributed by atoms with E-state index >= 15 is 0 Å². The first-order valence-electron chi connectivity index (χ1n) is 7.01. The number of unbranched alkanes of at least 4 members (excludes halogenated alkanes) is 1. The van der Waals surface area contributed by atoms with Crippen molar-refractivity contribution < 1.29 is 14.1 Å². The monoisotopic (exact) mass is 303 g/mol. The third-order valence-corrected chi connectivity index (χ3v) is 3.12. The predicted octanol–water partition coefficient (Wildman–Crippen LogP) is 3.34. The Kier molecular flexibility index (Phi) is 4.88. The SMILES string of the molecule is CCCCN(C(=O)c1cccc([N+](=O)[O-])c1)c1nc(C)co1. The van der Waals surface area contributed by atoms with Crippen molar-refractivity contribution in [2.45, 2.75) is 26.7 Å². The fourth-order valence-electron chi connectivity index (χ4n) is 1.97. The second-order valence-electron chi connectivity index (χ2n) is 4.89. The molecule has 1 heterocycles. The molecule has 0 saturated carbocycles. The van der Waals surface area contributed by atoms with Crippen LogP contribution < -0.4 is 4.90 Å². The molecule has 0 atom stereocenters. The molecule has 0 unspecified atom stereocenters. The Balaban J connectivity index is 2.32. The molecule has 7 nitrogen and oxygen atoms in total. The number of amides is 1. The molecule has 2 rings (SSSR count). The van der Waals surface area contributed by atoms with Crippen LogP contribution in [0.5, 0.6) is 0 Å². The van der Waals surface area contributed by atoms with Gasteiger partial charge >= 0.3 is 6.01 Å². The van der Waals surface area contributed by atoms with Crippen LogP contribution >= 0.6 is 0 Å². The number of carbonyl (C=O) groups excluding carboxylic acids is 1. The summed E-state index contributed by atoms with van der Waals surface area (Å²) in [6, 6.07) is 5.86. The first kappa shape index (κ1) is 15.7. The van der Waals surface area contributed by atoms with Gasteiger partial charge in [0, 0.05) is 24.2 Å². The van der Waals surface area contributed by atoms with Crippen molar-refractivity contribution in [1.29, 1.82) is 0 Å². The van der Waals surface area contributed by atoms with E-state index in [9.17, 15) is 14.9 Å². The quantitative estimate of drug-likeness (QED) is 0.603. The van der Waals surface area contributed by atoms with Crippen molar-refractivity contribution >= 4 is 17.6 Å². The summed E-state index contributed by atoms with van der Waals surface area (Å²) in [7, 11) is 0. The Morgan fingerprint density at radius 1 is 1.45 bits per heavy atom. The highest BCUT2D eigenvalue weighted by molar-refractivity contribution is 6.05. The van der Waals surface area contributed by atoms with E-state index in [0.29, 0.717) is 12.2 Å². The van der Waals surface area contributed by atoms with Crippen LogP contribution in [0.15, 0.2) is 34.9 Å². The number of oxazole rings is 1. The van der Waals surface area contributed by atoms with Gasteiger partial charge in [0.2, 0.25) is 0 Å². The predicted molar refractivity (Wildman–Crippen MR) is 80.9 cm³/mol. The van der Waals surface area contributed by atoms with E-state index in [4.69, 9.17) is 4.42 Å². The van der Waals surface area contributed by atoms with Gasteiger partial charge in [-0.15, -0.1) is 0 Å². The number of nitro groups is 1. The molecule has 0 N–H and O–H groups in total. The van der Waals surface area contributed by atoms with Crippen LogP contribution in [0.4, 0.5) is 11.7 Å². The van der Waals surface area contributed by atoms with Crippen molar-refractivity contribution in [3.05, 3.63) is 51.9 Å². The number of non-ortho nitro benzene ring substituents is 1. The van der Waals surface area contributed by atoms with E-state index < -0.39 is 4.92 Å². The summed E-state index contributed by atoms with van der Waals surface area (Å²) in [5.74, 6) is -0.362. The zero-order valence-corrected chi connectivity index (χ0v) is 12.5. The summed E-state index contributed by atoms with van der Waals surface area (Å²) in [5, 5.41) is 10.8. The molecular weight excluding hydrogens is 286 g/mol. The lowest BCUT2D eigenvalue weighted by Crippen LogP contribution is -2.32. The third-order valence-electron chi connectivity index (χ3n) is 3.12. The Labute approximate surface area is 127 Å². The summed E-state index contributed by atoms with van der Waals surface area (Å²) in [5.41, 5.74) is 0.786. The average Bonchev–Trinajstić information content (AvgIpc) is 2.94. The molecule has 22 heavy (non-hydrogen) atoms. The van der Waals surface area contributed by atoms with Crippen LogP contribution in [0, 0.1) is 17.0 Å². The molecule has 116 valence electrons. The molecule has 0 spiro atoms. The topological polar surface area (TPSA) is 89.5 Å². The summed E-state index contributed by atoms with van der Waals surface area (Å²) in [6.07, 6.45) is 3.15. The van der Waals surface area contributed by atoms with E-state index in [2.05, 4.69) is 4.98 Å². The molecule has 0 aliphatic carbocycles. The van der Waals surface area contributed by atoms with E-state index in [0.717, 1.165) is 12.8 Å². The third kappa shape index (κ3) is 3.49. The number of nitro benzene ring substituents is 1. The Bertz CT molecular complexity index is 681. The number of aryl methyl sites for hydroxylation is 1. The molecule has 7 heteroatoms. The Morgan fingerprint density at radius 3 is 2.82 bits per heavy atom. The van der Waals surface area contributed by atoms with Crippen LogP contribution in [0.25, 0.3) is 0 Å². The number of benzene rings is 1. The maximum atomic E-state index is 12.6. The Hall–Kier alpha value is -2.70. The fourth-order valence-corrected chi connectivity index (χ4v) is 1.97. The normalized spacial score (nSPS) is 10.5. The number of rotatable bonds is 6. The zero-order valence-electron chi connectivity index (χ0n) is 12.5. The van der Waals surface area contributed by atoms with Crippen molar-refractivity contribution in [2.75, 3.05) is 11.4 Å². The van der Waals surface area contributed by atoms with Crippen molar-refractivity contribution in [3.8, 4) is 0 Å². The maximum absolute atomic E-state index is 12.6. The van der Waals surface area contributed by atoms with Gasteiger partial charge in [-0.25, -0.2) is 0 Å². The number of carbonyl (C=O) groups is 1. The molecule has 0 fully saturated rings. The van der Waals surface area contributed by atoms with Crippen LogP contribution in [-0.4, -0.2) is 22.4 Å². The largest absolute Gasteiger partial charge is 0.431 e. The van der Waals surface area contributed by atoms with Gasteiger partial charge in [0.25, 0.3) is 11.6 Å². The number of nitrogens with zero attached hydrogens (tertiary/aromatic N) is 3. The number of aromatic nitrogens is 1. The van der Waals surface area contributed by atoms with E-state index in [1.165, 1.54) is 29.4 Å². The second-order valence-corrected chi connectivity index (χ2v) is 4.89. The standard InChI is InChI=1S/C15H17N3O4/c1-3-4-8-17(15-16-11(2)10-22-15)14(19)12-6-5-7-13(9-12)18(20)21/h5-7,9-10H,3-4,8H2,1-2H3. The maximum Gasteiger partial charge on any atom is 0.304 e. The van der Waals surface area contributed by atoms with Crippen LogP contribution in [0.2, 0.25) is 0 Å². The Morgan fingerprint density at radius 2 is 2.23 bits per heavy atom. The first-order chi connectivity index (χ1) is 10.5. The molecule has 1 amide bonds. The fraction of sp³-hybridized carbons (Fsp3) is 0.333. The number of anilines is 1. The summed E-state index contributed by atoms with van der Waals surface area (Å²) in [6.45, 7) is 4.22.